The molecule has 5 nitrogen and oxygen atoms in total. The molecule has 0 spiro atoms. The molecule has 144 valence electrons. The van der Waals surface area contributed by atoms with Gasteiger partial charge in [-0.1, -0.05) is 70.0 Å². The topological polar surface area (TPSA) is 59.8 Å². The minimum absolute atomic E-state index is 0.0699. The van der Waals surface area contributed by atoms with Crippen LogP contribution in [0.4, 0.5) is 5.69 Å². The van der Waals surface area contributed by atoms with Crippen molar-refractivity contribution in [2.45, 2.75) is 6.92 Å². The zero-order valence-electron chi connectivity index (χ0n) is 15.4. The average molecular weight is 468 g/mol. The molecule has 0 aliphatic carbocycles. The van der Waals surface area contributed by atoms with Gasteiger partial charge >= 0.3 is 0 Å². The third-order valence-corrected chi connectivity index (χ3v) is 5.23. The Balaban J connectivity index is 1.77. The van der Waals surface area contributed by atoms with E-state index in [1.54, 1.807) is 10.7 Å². The third kappa shape index (κ3) is 4.23. The zero-order chi connectivity index (χ0) is 20.4. The van der Waals surface area contributed by atoms with Gasteiger partial charge in [0.2, 0.25) is 5.82 Å². The number of hydrogen-bond acceptors (Lipinski definition) is 3. The number of nitrogens with one attached hydrogen (secondary N) is 1. The number of carbonyl (C=O) groups excluding carboxylic acids is 1. The number of halogens is 2. The molecule has 0 atom stereocenters. The lowest BCUT2D eigenvalue weighted by Gasteiger charge is -2.07. The molecule has 7 heteroatoms. The molecule has 1 heterocycles. The van der Waals surface area contributed by atoms with Crippen molar-refractivity contribution in [2.24, 2.45) is 0 Å². The summed E-state index contributed by atoms with van der Waals surface area (Å²) in [5.41, 5.74) is 3.19. The van der Waals surface area contributed by atoms with Gasteiger partial charge < -0.3 is 5.32 Å². The Labute approximate surface area is 181 Å². The molecule has 4 aromatic rings. The fourth-order valence-corrected chi connectivity index (χ4v) is 3.40. The van der Waals surface area contributed by atoms with E-state index >= 15 is 0 Å². The first-order valence-electron chi connectivity index (χ1n) is 8.87. The van der Waals surface area contributed by atoms with Gasteiger partial charge in [0.1, 0.15) is 0 Å². The lowest BCUT2D eigenvalue weighted by atomic mass is 10.2. The second-order valence-corrected chi connectivity index (χ2v) is 7.76. The van der Waals surface area contributed by atoms with Crippen LogP contribution in [0.5, 0.6) is 0 Å². The van der Waals surface area contributed by atoms with Crippen LogP contribution < -0.4 is 5.32 Å². The van der Waals surface area contributed by atoms with Gasteiger partial charge in [-0.25, -0.2) is 9.67 Å². The van der Waals surface area contributed by atoms with Crippen molar-refractivity contribution in [3.63, 3.8) is 0 Å². The molecule has 0 aliphatic rings. The summed E-state index contributed by atoms with van der Waals surface area (Å²) in [5.74, 6) is 0.239. The third-order valence-electron chi connectivity index (χ3n) is 4.32. The highest BCUT2D eigenvalue weighted by Gasteiger charge is 2.19. The van der Waals surface area contributed by atoms with E-state index in [1.165, 1.54) is 0 Å². The molecule has 0 bridgehead atoms. The number of aromatic nitrogens is 3. The smallest absolute Gasteiger partial charge is 0.295 e. The lowest BCUT2D eigenvalue weighted by molar-refractivity contribution is 0.101. The monoisotopic (exact) mass is 466 g/mol. The summed E-state index contributed by atoms with van der Waals surface area (Å²) in [7, 11) is 0. The van der Waals surface area contributed by atoms with Gasteiger partial charge in [-0.3, -0.25) is 4.79 Å². The van der Waals surface area contributed by atoms with Gasteiger partial charge in [0.25, 0.3) is 5.91 Å². The van der Waals surface area contributed by atoms with Gasteiger partial charge in [0.05, 0.1) is 5.69 Å². The van der Waals surface area contributed by atoms with Crippen LogP contribution in [0.2, 0.25) is 5.02 Å². The van der Waals surface area contributed by atoms with Gasteiger partial charge in [0, 0.05) is 20.7 Å². The molecular formula is C22H16BrClN4O. The second kappa shape index (κ2) is 8.19. The largest absolute Gasteiger partial charge is 0.319 e. The highest BCUT2D eigenvalue weighted by atomic mass is 79.9. The quantitative estimate of drug-likeness (QED) is 0.406. The van der Waals surface area contributed by atoms with Crippen LogP contribution in [-0.2, 0) is 0 Å². The van der Waals surface area contributed by atoms with Crippen LogP contribution in [0.25, 0.3) is 17.1 Å². The van der Waals surface area contributed by atoms with Crippen molar-refractivity contribution in [1.29, 1.82) is 0 Å². The number of amides is 1. The first-order chi connectivity index (χ1) is 14.0. The van der Waals surface area contributed by atoms with E-state index < -0.39 is 5.91 Å². The molecule has 1 N–H and O–H groups in total. The van der Waals surface area contributed by atoms with E-state index in [9.17, 15) is 4.79 Å². The standard InChI is InChI=1S/C22H16BrClN4O/c1-14-10-11-18(13-19(14)24)28-21(15-6-3-2-4-7-15)26-20(27-28)22(29)25-17-9-5-8-16(23)12-17/h2-13H,1H3,(H,25,29). The molecule has 0 unspecified atom stereocenters. The molecule has 0 fully saturated rings. The zero-order valence-corrected chi connectivity index (χ0v) is 17.8. The highest BCUT2D eigenvalue weighted by Crippen LogP contribution is 2.25. The average Bonchev–Trinajstić information content (AvgIpc) is 3.16. The van der Waals surface area contributed by atoms with E-state index in [4.69, 9.17) is 11.6 Å². The maximum Gasteiger partial charge on any atom is 0.295 e. The van der Waals surface area contributed by atoms with Crippen LogP contribution in [0.1, 0.15) is 16.2 Å². The van der Waals surface area contributed by atoms with Crippen LogP contribution >= 0.6 is 27.5 Å². The predicted molar refractivity (Wildman–Crippen MR) is 119 cm³/mol. The second-order valence-electron chi connectivity index (χ2n) is 6.43. The summed E-state index contributed by atoms with van der Waals surface area (Å²) >= 11 is 9.71. The Morgan fingerprint density at radius 1 is 1.03 bits per heavy atom. The number of nitrogens with zero attached hydrogens (tertiary/aromatic N) is 3. The Morgan fingerprint density at radius 2 is 1.83 bits per heavy atom. The Hall–Kier alpha value is -2.96. The summed E-state index contributed by atoms with van der Waals surface area (Å²) in [6.07, 6.45) is 0. The maximum absolute atomic E-state index is 12.8. The van der Waals surface area contributed by atoms with E-state index in [0.29, 0.717) is 16.5 Å². The van der Waals surface area contributed by atoms with E-state index in [1.807, 2.05) is 73.7 Å². The molecule has 29 heavy (non-hydrogen) atoms. The summed E-state index contributed by atoms with van der Waals surface area (Å²) < 4.78 is 2.50. The highest BCUT2D eigenvalue weighted by molar-refractivity contribution is 9.10. The summed E-state index contributed by atoms with van der Waals surface area (Å²) in [6, 6.07) is 22.6. The van der Waals surface area contributed by atoms with Gasteiger partial charge in [-0.05, 0) is 42.8 Å². The molecule has 0 aliphatic heterocycles. The summed E-state index contributed by atoms with van der Waals surface area (Å²) in [5, 5.41) is 7.92. The molecule has 1 aromatic heterocycles. The molecule has 0 saturated carbocycles. The lowest BCUT2D eigenvalue weighted by Crippen LogP contribution is -2.14. The first kappa shape index (κ1) is 19.4. The molecule has 1 amide bonds. The normalized spacial score (nSPS) is 10.7. The van der Waals surface area contributed by atoms with Gasteiger partial charge in [-0.2, -0.15) is 0 Å². The van der Waals surface area contributed by atoms with E-state index in [-0.39, 0.29) is 5.82 Å². The summed E-state index contributed by atoms with van der Waals surface area (Å²) in [4.78, 5) is 17.3. The van der Waals surface area contributed by atoms with E-state index in [2.05, 4.69) is 31.3 Å². The molecule has 4 rings (SSSR count). The predicted octanol–water partition coefficient (Wildman–Crippen LogP) is 5.91. The fourth-order valence-electron chi connectivity index (χ4n) is 2.83. The Bertz CT molecular complexity index is 1190. The summed E-state index contributed by atoms with van der Waals surface area (Å²) in [6.45, 7) is 1.93. The van der Waals surface area contributed by atoms with E-state index in [0.717, 1.165) is 21.3 Å². The van der Waals surface area contributed by atoms with Crippen LogP contribution in [0.3, 0.4) is 0 Å². The number of carbonyl (C=O) groups is 1. The van der Waals surface area contributed by atoms with Crippen molar-refractivity contribution >= 4 is 39.1 Å². The van der Waals surface area contributed by atoms with Crippen molar-refractivity contribution in [2.75, 3.05) is 5.32 Å². The van der Waals surface area contributed by atoms with Gasteiger partial charge in [-0.15, -0.1) is 5.10 Å². The van der Waals surface area contributed by atoms with Crippen molar-refractivity contribution in [1.82, 2.24) is 14.8 Å². The van der Waals surface area contributed by atoms with Crippen LogP contribution in [0.15, 0.2) is 77.3 Å². The minimum atomic E-state index is -0.391. The van der Waals surface area contributed by atoms with Crippen molar-refractivity contribution in [3.05, 3.63) is 93.7 Å². The van der Waals surface area contributed by atoms with Crippen LogP contribution in [0, 0.1) is 6.92 Å². The maximum atomic E-state index is 12.8. The molecule has 0 saturated heterocycles. The molecule has 0 radical (unpaired) electrons. The Morgan fingerprint density at radius 3 is 2.55 bits per heavy atom. The molecular weight excluding hydrogens is 452 g/mol. The van der Waals surface area contributed by atoms with Gasteiger partial charge in [0.15, 0.2) is 5.82 Å². The number of benzene rings is 3. The van der Waals surface area contributed by atoms with Crippen molar-refractivity contribution < 1.29 is 4.79 Å². The number of anilines is 1. The van der Waals surface area contributed by atoms with Crippen molar-refractivity contribution in [3.8, 4) is 17.1 Å². The number of aryl methyl sites for hydroxylation is 1. The fraction of sp³-hybridized carbons (Fsp3) is 0.0455. The van der Waals surface area contributed by atoms with Crippen LogP contribution in [-0.4, -0.2) is 20.7 Å². The minimum Gasteiger partial charge on any atom is -0.319 e. The molecule has 3 aromatic carbocycles. The number of rotatable bonds is 4. The Kier molecular flexibility index (Phi) is 5.47. The number of hydrogen-bond donors (Lipinski definition) is 1. The first-order valence-corrected chi connectivity index (χ1v) is 10.0. The SMILES string of the molecule is Cc1ccc(-n2nc(C(=O)Nc3cccc(Br)c3)nc2-c2ccccc2)cc1Cl.